The molecule has 0 saturated carbocycles. The number of aliphatic carboxylic acids is 2. The molecular weight excluding hydrogens is 203 g/mol. The molecule has 0 heterocycles. The monoisotopic (exact) mass is 210 g/mol. The third kappa shape index (κ3) is 8480. The molecule has 0 radical (unpaired) electrons. The molecule has 0 fully saturated rings. The zero-order chi connectivity index (χ0) is 7.15. The van der Waals surface area contributed by atoms with E-state index in [4.69, 9.17) is 19.8 Å². The average Bonchev–Trinajstić information content (AvgIpc) is 1.25. The molecule has 9 heavy (non-hydrogen) atoms. The Morgan fingerprint density at radius 3 is 1.00 bits per heavy atom. The van der Waals surface area contributed by atoms with Crippen molar-refractivity contribution in [2.45, 2.75) is 13.8 Å². The maximum absolute atomic E-state index is 9.00. The van der Waals surface area contributed by atoms with Gasteiger partial charge in [0.25, 0.3) is 11.9 Å². The smallest absolute Gasteiger partial charge is 0.300 e. The van der Waals surface area contributed by atoms with Gasteiger partial charge in [0.2, 0.25) is 0 Å². The fraction of sp³-hybridized carbons (Fsp3) is 0.500. The van der Waals surface area contributed by atoms with Gasteiger partial charge >= 0.3 is 0 Å². The van der Waals surface area contributed by atoms with Gasteiger partial charge in [-0.15, -0.1) is 0 Å². The molecule has 0 aliphatic rings. The van der Waals surface area contributed by atoms with E-state index in [0.29, 0.717) is 0 Å². The van der Waals surface area contributed by atoms with Gasteiger partial charge < -0.3 is 10.2 Å². The topological polar surface area (TPSA) is 74.6 Å². The Bertz CT molecular complexity index is 70.6. The van der Waals surface area contributed by atoms with Gasteiger partial charge in [0.15, 0.2) is 0 Å². The van der Waals surface area contributed by atoms with Crippen LogP contribution in [0.3, 0.4) is 0 Å². The number of rotatable bonds is 0. The zero-order valence-corrected chi connectivity index (χ0v) is 7.67. The molecule has 0 aliphatic carbocycles. The summed E-state index contributed by atoms with van der Waals surface area (Å²) in [5.74, 6) is -1.67. The Hall–Kier alpha value is -0.177. The van der Waals surface area contributed by atoms with Gasteiger partial charge in [0.05, 0.1) is 0 Å². The van der Waals surface area contributed by atoms with Crippen molar-refractivity contribution in [3.8, 4) is 0 Å². The first kappa shape index (κ1) is 15.9. The minimum absolute atomic E-state index is 0. The van der Waals surface area contributed by atoms with E-state index in [1.807, 2.05) is 0 Å². The van der Waals surface area contributed by atoms with Crippen LogP contribution in [0.25, 0.3) is 0 Å². The fourth-order valence-electron chi connectivity index (χ4n) is 0. The zero-order valence-electron chi connectivity index (χ0n) is 5.21. The molecule has 0 rings (SSSR count). The van der Waals surface area contributed by atoms with Crippen LogP contribution in [-0.4, -0.2) is 22.2 Å². The van der Waals surface area contributed by atoms with Crippen LogP contribution in [-0.2, 0) is 35.8 Å². The Morgan fingerprint density at radius 2 is 1.00 bits per heavy atom. The SMILES string of the molecule is CC(=O)O.CC(=O)O.[Zr]. The second-order valence-corrected chi connectivity index (χ2v) is 1.04. The van der Waals surface area contributed by atoms with E-state index >= 15 is 0 Å². The summed E-state index contributed by atoms with van der Waals surface area (Å²) in [4.78, 5) is 18.0. The molecule has 0 bridgehead atoms. The van der Waals surface area contributed by atoms with E-state index in [0.717, 1.165) is 13.8 Å². The van der Waals surface area contributed by atoms with Crippen molar-refractivity contribution in [2.24, 2.45) is 0 Å². The van der Waals surface area contributed by atoms with E-state index in [9.17, 15) is 0 Å². The third-order valence-electron chi connectivity index (χ3n) is 0. The average molecular weight is 211 g/mol. The molecule has 0 aliphatic heterocycles. The predicted octanol–water partition coefficient (Wildman–Crippen LogP) is 0.179. The largest absolute Gasteiger partial charge is 0.481 e. The maximum atomic E-state index is 9.00. The summed E-state index contributed by atoms with van der Waals surface area (Å²) in [5, 5.41) is 14.8. The van der Waals surface area contributed by atoms with Gasteiger partial charge in [-0.1, -0.05) is 0 Å². The summed E-state index contributed by atoms with van der Waals surface area (Å²) in [7, 11) is 0. The van der Waals surface area contributed by atoms with Gasteiger partial charge in [0.1, 0.15) is 0 Å². The van der Waals surface area contributed by atoms with Crippen molar-refractivity contribution in [3.05, 3.63) is 0 Å². The quantitative estimate of drug-likeness (QED) is 0.599. The van der Waals surface area contributed by atoms with Crippen LogP contribution in [0.1, 0.15) is 13.8 Å². The second-order valence-electron chi connectivity index (χ2n) is 1.04. The van der Waals surface area contributed by atoms with Gasteiger partial charge in [-0.2, -0.15) is 0 Å². The number of carboxylic acids is 2. The summed E-state index contributed by atoms with van der Waals surface area (Å²) in [6, 6.07) is 0. The normalized spacial score (nSPS) is 5.56. The maximum Gasteiger partial charge on any atom is 0.300 e. The Labute approximate surface area is 72.0 Å². The molecule has 52 valence electrons. The summed E-state index contributed by atoms with van der Waals surface area (Å²) in [6.07, 6.45) is 0. The Kier molecular flexibility index (Phi) is 19.0. The van der Waals surface area contributed by atoms with Gasteiger partial charge in [-0.25, -0.2) is 0 Å². The minimum Gasteiger partial charge on any atom is -0.481 e. The summed E-state index contributed by atoms with van der Waals surface area (Å²) in [5.41, 5.74) is 0. The molecule has 5 heteroatoms. The van der Waals surface area contributed by atoms with Crippen molar-refractivity contribution in [1.82, 2.24) is 0 Å². The third-order valence-corrected chi connectivity index (χ3v) is 0. The Balaban J connectivity index is -0.0000000720. The fourth-order valence-corrected chi connectivity index (χ4v) is 0. The van der Waals surface area contributed by atoms with E-state index in [1.54, 1.807) is 0 Å². The van der Waals surface area contributed by atoms with Crippen molar-refractivity contribution in [1.29, 1.82) is 0 Å². The molecule has 0 aromatic rings. The summed E-state index contributed by atoms with van der Waals surface area (Å²) >= 11 is 0. The molecule has 0 aromatic carbocycles. The van der Waals surface area contributed by atoms with Crippen LogP contribution in [0.15, 0.2) is 0 Å². The van der Waals surface area contributed by atoms with E-state index < -0.39 is 11.9 Å². The standard InChI is InChI=1S/2C2H4O2.Zr/c2*1-2(3)4;/h2*1H3,(H,3,4);. The second kappa shape index (κ2) is 10.7. The first-order valence-electron chi connectivity index (χ1n) is 1.86. The summed E-state index contributed by atoms with van der Waals surface area (Å²) < 4.78 is 0. The molecule has 0 atom stereocenters. The number of hydrogen-bond acceptors (Lipinski definition) is 2. The molecule has 2 N–H and O–H groups in total. The van der Waals surface area contributed by atoms with Crippen LogP contribution < -0.4 is 0 Å². The summed E-state index contributed by atoms with van der Waals surface area (Å²) in [6.45, 7) is 2.17. The first-order chi connectivity index (χ1) is 3.46. The molecule has 0 unspecified atom stereocenters. The van der Waals surface area contributed by atoms with Crippen molar-refractivity contribution in [3.63, 3.8) is 0 Å². The Morgan fingerprint density at radius 1 is 1.00 bits per heavy atom. The van der Waals surface area contributed by atoms with E-state index in [2.05, 4.69) is 0 Å². The van der Waals surface area contributed by atoms with Crippen LogP contribution >= 0.6 is 0 Å². The van der Waals surface area contributed by atoms with Crippen molar-refractivity contribution >= 4 is 11.9 Å². The van der Waals surface area contributed by atoms with E-state index in [1.165, 1.54) is 0 Å². The van der Waals surface area contributed by atoms with E-state index in [-0.39, 0.29) is 26.2 Å². The van der Waals surface area contributed by atoms with Crippen LogP contribution in [0.5, 0.6) is 0 Å². The van der Waals surface area contributed by atoms with Crippen LogP contribution in [0.4, 0.5) is 0 Å². The predicted molar refractivity (Wildman–Crippen MR) is 26.6 cm³/mol. The van der Waals surface area contributed by atoms with Gasteiger partial charge in [0, 0.05) is 40.1 Å². The molecule has 4 nitrogen and oxygen atoms in total. The number of carbonyl (C=O) groups is 2. The van der Waals surface area contributed by atoms with Gasteiger partial charge in [-0.3, -0.25) is 9.59 Å². The first-order valence-corrected chi connectivity index (χ1v) is 1.86. The van der Waals surface area contributed by atoms with Crippen molar-refractivity contribution in [2.75, 3.05) is 0 Å². The minimum atomic E-state index is -0.833. The van der Waals surface area contributed by atoms with Crippen LogP contribution in [0, 0.1) is 0 Å². The molecule has 0 saturated heterocycles. The molecule has 0 amide bonds. The van der Waals surface area contributed by atoms with Crippen LogP contribution in [0.2, 0.25) is 0 Å². The molecule has 0 aromatic heterocycles. The molecular formula is C4H8O4Zr. The molecule has 0 spiro atoms. The number of carboxylic acid groups (broad SMARTS) is 2. The van der Waals surface area contributed by atoms with Crippen molar-refractivity contribution < 1.29 is 46.0 Å². The van der Waals surface area contributed by atoms with Gasteiger partial charge in [-0.05, 0) is 0 Å². The number of hydrogen-bond donors (Lipinski definition) is 2.